The molecule has 1 aliphatic heterocycles. The van der Waals surface area contributed by atoms with Gasteiger partial charge in [0.15, 0.2) is 17.2 Å². The van der Waals surface area contributed by atoms with Gasteiger partial charge in [-0.1, -0.05) is 35.9 Å². The minimum atomic E-state index is -0.551. The Labute approximate surface area is 193 Å². The molecule has 1 aliphatic rings. The Hall–Kier alpha value is -3.71. The van der Waals surface area contributed by atoms with E-state index in [-0.39, 0.29) is 17.3 Å². The second kappa shape index (κ2) is 9.20. The predicted octanol–water partition coefficient (Wildman–Crippen LogP) is 5.33. The normalized spacial score (nSPS) is 14.2. The molecule has 3 aromatic carbocycles. The first-order valence-electron chi connectivity index (χ1n) is 9.69. The Bertz CT molecular complexity index is 1280. The van der Waals surface area contributed by atoms with E-state index >= 15 is 0 Å². The third-order valence-electron chi connectivity index (χ3n) is 4.67. The number of rotatable bonds is 5. The largest absolute Gasteiger partial charge is 0.493 e. The fourth-order valence-electron chi connectivity index (χ4n) is 3.11. The third-order valence-corrected chi connectivity index (χ3v) is 5.36. The topological polar surface area (TPSA) is 74.2 Å². The fourth-order valence-corrected chi connectivity index (χ4v) is 3.56. The molecule has 0 fully saturated rings. The fraction of sp³-hybridized carbons (Fsp3) is 0.0800. The van der Waals surface area contributed by atoms with Crippen LogP contribution in [0, 0.1) is 6.92 Å². The Kier molecular flexibility index (Phi) is 6.18. The molecule has 0 saturated heterocycles. The van der Waals surface area contributed by atoms with Gasteiger partial charge in [0.2, 0.25) is 5.90 Å². The van der Waals surface area contributed by atoms with E-state index < -0.39 is 11.9 Å². The molecule has 1 heterocycles. The summed E-state index contributed by atoms with van der Waals surface area (Å²) >= 11 is 3.43. The lowest BCUT2D eigenvalue weighted by atomic mass is 10.1. The van der Waals surface area contributed by atoms with E-state index in [0.29, 0.717) is 22.4 Å². The molecule has 3 aromatic rings. The van der Waals surface area contributed by atoms with E-state index in [9.17, 15) is 9.59 Å². The highest BCUT2D eigenvalue weighted by atomic mass is 79.9. The lowest BCUT2D eigenvalue weighted by Gasteiger charge is -2.10. The van der Waals surface area contributed by atoms with Crippen molar-refractivity contribution < 1.29 is 23.8 Å². The number of carbonyl (C=O) groups is 2. The van der Waals surface area contributed by atoms with E-state index in [0.717, 1.165) is 10.0 Å². The number of methoxy groups -OCH3 is 1. The van der Waals surface area contributed by atoms with Crippen molar-refractivity contribution in [2.24, 2.45) is 4.99 Å². The molecule has 0 saturated carbocycles. The number of cyclic esters (lactones) is 1. The molecular formula is C25H18BrNO5. The van der Waals surface area contributed by atoms with E-state index in [2.05, 4.69) is 20.9 Å². The number of aliphatic imine (C=N–C) groups is 1. The van der Waals surface area contributed by atoms with Crippen molar-refractivity contribution in [2.75, 3.05) is 7.11 Å². The second-order valence-electron chi connectivity index (χ2n) is 6.99. The molecule has 32 heavy (non-hydrogen) atoms. The van der Waals surface area contributed by atoms with E-state index in [1.54, 1.807) is 48.5 Å². The number of aryl methyl sites for hydroxylation is 1. The number of hydrogen-bond acceptors (Lipinski definition) is 6. The lowest BCUT2D eigenvalue weighted by Crippen LogP contribution is -2.09. The number of benzene rings is 3. The van der Waals surface area contributed by atoms with Gasteiger partial charge in [0.05, 0.1) is 18.2 Å². The monoisotopic (exact) mass is 491 g/mol. The number of nitrogens with zero attached hydrogens (tertiary/aromatic N) is 1. The van der Waals surface area contributed by atoms with Gasteiger partial charge in [0.1, 0.15) is 0 Å². The van der Waals surface area contributed by atoms with Crippen LogP contribution in [0.1, 0.15) is 27.0 Å². The van der Waals surface area contributed by atoms with Crippen LogP contribution in [0.25, 0.3) is 6.08 Å². The zero-order valence-electron chi connectivity index (χ0n) is 17.3. The molecule has 160 valence electrons. The molecule has 7 heteroatoms. The van der Waals surface area contributed by atoms with Crippen LogP contribution in [-0.4, -0.2) is 24.9 Å². The number of halogens is 1. The van der Waals surface area contributed by atoms with Crippen LogP contribution in [0.5, 0.6) is 11.5 Å². The zero-order chi connectivity index (χ0) is 22.7. The summed E-state index contributed by atoms with van der Waals surface area (Å²) in [5.41, 5.74) is 2.88. The molecule has 0 N–H and O–H groups in total. The minimum absolute atomic E-state index is 0.155. The molecule has 0 aliphatic carbocycles. The average Bonchev–Trinajstić information content (AvgIpc) is 3.14. The van der Waals surface area contributed by atoms with Crippen LogP contribution >= 0.6 is 15.9 Å². The van der Waals surface area contributed by atoms with Crippen molar-refractivity contribution in [3.8, 4) is 11.5 Å². The molecule has 0 spiro atoms. The lowest BCUT2D eigenvalue weighted by molar-refractivity contribution is -0.129. The Morgan fingerprint density at radius 2 is 1.84 bits per heavy atom. The van der Waals surface area contributed by atoms with Gasteiger partial charge in [-0.3, -0.25) is 0 Å². The standard InChI is InChI=1S/C25H18BrNO5/c1-15-6-5-7-17(12-15)24(28)31-21-11-10-16(14-22(21)30-2)13-20-25(29)32-23(27-20)18-8-3-4-9-19(18)26/h3-14H,1-2H3/b20-13-. The van der Waals surface area contributed by atoms with Gasteiger partial charge < -0.3 is 14.2 Å². The van der Waals surface area contributed by atoms with Crippen molar-refractivity contribution in [1.29, 1.82) is 0 Å². The third kappa shape index (κ3) is 4.63. The van der Waals surface area contributed by atoms with Crippen LogP contribution in [0.15, 0.2) is 81.9 Å². The Morgan fingerprint density at radius 1 is 1.03 bits per heavy atom. The molecule has 0 atom stereocenters. The summed E-state index contributed by atoms with van der Waals surface area (Å²) in [6, 6.07) is 19.4. The molecule has 0 unspecified atom stereocenters. The van der Waals surface area contributed by atoms with Gasteiger partial charge in [-0.2, -0.15) is 0 Å². The van der Waals surface area contributed by atoms with Crippen LogP contribution in [0.3, 0.4) is 0 Å². The highest BCUT2D eigenvalue weighted by Crippen LogP contribution is 2.31. The number of esters is 2. The average molecular weight is 492 g/mol. The van der Waals surface area contributed by atoms with Crippen molar-refractivity contribution >= 4 is 39.8 Å². The quantitative estimate of drug-likeness (QED) is 0.274. The van der Waals surface area contributed by atoms with Gasteiger partial charge in [-0.05, 0) is 70.9 Å². The maximum absolute atomic E-state index is 12.5. The summed E-state index contributed by atoms with van der Waals surface area (Å²) in [7, 11) is 1.48. The molecule has 6 nitrogen and oxygen atoms in total. The van der Waals surface area contributed by atoms with Crippen LogP contribution < -0.4 is 9.47 Å². The zero-order valence-corrected chi connectivity index (χ0v) is 18.9. The second-order valence-corrected chi connectivity index (χ2v) is 7.84. The van der Waals surface area contributed by atoms with Crippen LogP contribution in [0.2, 0.25) is 0 Å². The maximum atomic E-state index is 12.5. The van der Waals surface area contributed by atoms with Gasteiger partial charge in [-0.15, -0.1) is 0 Å². The van der Waals surface area contributed by atoms with E-state index in [1.807, 2.05) is 31.2 Å². The first-order valence-corrected chi connectivity index (χ1v) is 10.5. The smallest absolute Gasteiger partial charge is 0.363 e. The number of carbonyl (C=O) groups excluding carboxylic acids is 2. The predicted molar refractivity (Wildman–Crippen MR) is 124 cm³/mol. The van der Waals surface area contributed by atoms with Crippen LogP contribution in [-0.2, 0) is 9.53 Å². The number of hydrogen-bond donors (Lipinski definition) is 0. The molecule has 0 aromatic heterocycles. The molecular weight excluding hydrogens is 474 g/mol. The van der Waals surface area contributed by atoms with Gasteiger partial charge in [0.25, 0.3) is 0 Å². The van der Waals surface area contributed by atoms with E-state index in [4.69, 9.17) is 14.2 Å². The minimum Gasteiger partial charge on any atom is -0.493 e. The Balaban J connectivity index is 1.59. The summed E-state index contributed by atoms with van der Waals surface area (Å²) in [5, 5.41) is 0. The Morgan fingerprint density at radius 3 is 2.59 bits per heavy atom. The van der Waals surface area contributed by atoms with Crippen molar-refractivity contribution in [1.82, 2.24) is 0 Å². The van der Waals surface area contributed by atoms with Crippen molar-refractivity contribution in [3.63, 3.8) is 0 Å². The molecule has 0 radical (unpaired) electrons. The number of ether oxygens (including phenoxy) is 3. The summed E-state index contributed by atoms with van der Waals surface area (Å²) in [6.07, 6.45) is 1.58. The van der Waals surface area contributed by atoms with Gasteiger partial charge in [-0.25, -0.2) is 14.6 Å². The van der Waals surface area contributed by atoms with Crippen molar-refractivity contribution in [3.05, 3.63) is 99.2 Å². The maximum Gasteiger partial charge on any atom is 0.363 e. The van der Waals surface area contributed by atoms with Gasteiger partial charge >= 0.3 is 11.9 Å². The van der Waals surface area contributed by atoms with Crippen molar-refractivity contribution in [2.45, 2.75) is 6.92 Å². The summed E-state index contributed by atoms with van der Waals surface area (Å²) in [5.74, 6) is -0.191. The highest BCUT2D eigenvalue weighted by Gasteiger charge is 2.25. The van der Waals surface area contributed by atoms with Gasteiger partial charge in [0, 0.05) is 4.47 Å². The summed E-state index contributed by atoms with van der Waals surface area (Å²) < 4.78 is 17.0. The van der Waals surface area contributed by atoms with Crippen LogP contribution in [0.4, 0.5) is 0 Å². The SMILES string of the molecule is COc1cc(/C=C2\N=C(c3ccccc3Br)OC2=O)ccc1OC(=O)c1cccc(C)c1. The summed E-state index contributed by atoms with van der Waals surface area (Å²) in [4.78, 5) is 29.1. The highest BCUT2D eigenvalue weighted by molar-refractivity contribution is 9.10. The van der Waals surface area contributed by atoms with E-state index in [1.165, 1.54) is 7.11 Å². The summed E-state index contributed by atoms with van der Waals surface area (Å²) in [6.45, 7) is 1.90. The molecule has 0 amide bonds. The first-order chi connectivity index (χ1) is 15.4. The molecule has 4 rings (SSSR count). The first kappa shape index (κ1) is 21.5. The molecule has 0 bridgehead atoms.